The first-order valence-corrected chi connectivity index (χ1v) is 11.9. The highest BCUT2D eigenvalue weighted by Crippen LogP contribution is 2.26. The Bertz CT molecular complexity index is 874. The molecular formula is C25H32BrN3O. The second-order valence-electron chi connectivity index (χ2n) is 8.73. The standard InChI is InChI=1S/C25H32BrN3O/c1-19-5-3-7-24(20(19)2)28-13-15-29(16-14-28)25(30)22-6-4-12-27(18-22)17-21-8-10-23(26)11-9-21/h3,5,7-11,22H,4,6,12-18H2,1-2H3. The van der Waals surface area contributed by atoms with Crippen molar-refractivity contribution in [2.75, 3.05) is 44.2 Å². The Labute approximate surface area is 189 Å². The van der Waals surface area contributed by atoms with Crippen LogP contribution in [0.25, 0.3) is 0 Å². The van der Waals surface area contributed by atoms with Crippen molar-refractivity contribution in [2.24, 2.45) is 5.92 Å². The molecule has 0 radical (unpaired) electrons. The molecule has 1 unspecified atom stereocenters. The van der Waals surface area contributed by atoms with Crippen LogP contribution >= 0.6 is 15.9 Å². The lowest BCUT2D eigenvalue weighted by atomic mass is 9.95. The molecule has 1 amide bonds. The third-order valence-corrected chi connectivity index (χ3v) is 7.21. The predicted octanol–water partition coefficient (Wildman–Crippen LogP) is 4.63. The molecule has 2 fully saturated rings. The van der Waals surface area contributed by atoms with Crippen LogP contribution in [-0.4, -0.2) is 55.0 Å². The Morgan fingerprint density at radius 3 is 2.47 bits per heavy atom. The third-order valence-electron chi connectivity index (χ3n) is 6.68. The summed E-state index contributed by atoms with van der Waals surface area (Å²) in [5, 5.41) is 0. The maximum absolute atomic E-state index is 13.2. The van der Waals surface area contributed by atoms with E-state index in [1.807, 2.05) is 0 Å². The monoisotopic (exact) mass is 469 g/mol. The summed E-state index contributed by atoms with van der Waals surface area (Å²) < 4.78 is 1.11. The summed E-state index contributed by atoms with van der Waals surface area (Å²) >= 11 is 3.50. The smallest absolute Gasteiger partial charge is 0.227 e. The van der Waals surface area contributed by atoms with Gasteiger partial charge in [-0.15, -0.1) is 0 Å². The van der Waals surface area contributed by atoms with Crippen LogP contribution in [0.1, 0.15) is 29.5 Å². The molecule has 4 rings (SSSR count). The maximum Gasteiger partial charge on any atom is 0.227 e. The summed E-state index contributed by atoms with van der Waals surface area (Å²) in [6.07, 6.45) is 2.13. The first-order valence-electron chi connectivity index (χ1n) is 11.1. The van der Waals surface area contributed by atoms with Gasteiger partial charge in [-0.3, -0.25) is 9.69 Å². The number of nitrogens with zero attached hydrogens (tertiary/aromatic N) is 3. The van der Waals surface area contributed by atoms with E-state index < -0.39 is 0 Å². The largest absolute Gasteiger partial charge is 0.368 e. The fourth-order valence-electron chi connectivity index (χ4n) is 4.75. The Morgan fingerprint density at radius 1 is 1.00 bits per heavy atom. The number of carbonyl (C=O) groups excluding carboxylic acids is 1. The first-order chi connectivity index (χ1) is 14.5. The fraction of sp³-hybridized carbons (Fsp3) is 0.480. The van der Waals surface area contributed by atoms with Crippen molar-refractivity contribution in [2.45, 2.75) is 33.2 Å². The summed E-state index contributed by atoms with van der Waals surface area (Å²) in [5.41, 5.74) is 5.32. The SMILES string of the molecule is Cc1cccc(N2CCN(C(=O)C3CCCN(Cc4ccc(Br)cc4)C3)CC2)c1C. The van der Waals surface area contributed by atoms with Crippen LogP contribution in [0.3, 0.4) is 0 Å². The highest BCUT2D eigenvalue weighted by molar-refractivity contribution is 9.10. The molecule has 0 aromatic heterocycles. The zero-order chi connectivity index (χ0) is 21.1. The van der Waals surface area contributed by atoms with Crippen LogP contribution in [0.5, 0.6) is 0 Å². The van der Waals surface area contributed by atoms with Gasteiger partial charge in [0, 0.05) is 49.4 Å². The maximum atomic E-state index is 13.2. The van der Waals surface area contributed by atoms with Gasteiger partial charge in [0.1, 0.15) is 0 Å². The average Bonchev–Trinajstić information content (AvgIpc) is 2.77. The number of hydrogen-bond donors (Lipinski definition) is 0. The number of piperazine rings is 1. The lowest BCUT2D eigenvalue weighted by Crippen LogP contribution is -2.52. The van der Waals surface area contributed by atoms with Crippen molar-refractivity contribution < 1.29 is 4.79 Å². The van der Waals surface area contributed by atoms with Gasteiger partial charge in [0.15, 0.2) is 0 Å². The highest BCUT2D eigenvalue weighted by atomic mass is 79.9. The van der Waals surface area contributed by atoms with E-state index in [4.69, 9.17) is 0 Å². The number of halogens is 1. The fourth-order valence-corrected chi connectivity index (χ4v) is 5.02. The number of carbonyl (C=O) groups is 1. The van der Waals surface area contributed by atoms with E-state index in [1.165, 1.54) is 22.4 Å². The predicted molar refractivity (Wildman–Crippen MR) is 127 cm³/mol. The number of rotatable bonds is 4. The van der Waals surface area contributed by atoms with Crippen LogP contribution in [0.4, 0.5) is 5.69 Å². The molecule has 0 aliphatic carbocycles. The molecule has 2 heterocycles. The number of likely N-dealkylation sites (tertiary alicyclic amines) is 1. The minimum atomic E-state index is 0.140. The minimum absolute atomic E-state index is 0.140. The Morgan fingerprint density at radius 2 is 1.73 bits per heavy atom. The molecule has 4 nitrogen and oxygen atoms in total. The van der Waals surface area contributed by atoms with E-state index in [2.05, 4.69) is 86.9 Å². The normalized spacial score (nSPS) is 20.4. The molecule has 5 heteroatoms. The quantitative estimate of drug-likeness (QED) is 0.652. The number of piperidine rings is 1. The van der Waals surface area contributed by atoms with Crippen molar-refractivity contribution in [3.8, 4) is 0 Å². The van der Waals surface area contributed by atoms with Gasteiger partial charge >= 0.3 is 0 Å². The molecular weight excluding hydrogens is 438 g/mol. The summed E-state index contributed by atoms with van der Waals surface area (Å²) in [4.78, 5) is 20.2. The molecule has 0 bridgehead atoms. The molecule has 0 spiro atoms. The van der Waals surface area contributed by atoms with Crippen molar-refractivity contribution in [1.29, 1.82) is 0 Å². The highest BCUT2D eigenvalue weighted by Gasteiger charge is 2.31. The van der Waals surface area contributed by atoms with Crippen molar-refractivity contribution in [3.05, 3.63) is 63.6 Å². The van der Waals surface area contributed by atoms with E-state index in [0.717, 1.165) is 63.1 Å². The summed E-state index contributed by atoms with van der Waals surface area (Å²) in [6, 6.07) is 15.0. The Hall–Kier alpha value is -1.85. The summed E-state index contributed by atoms with van der Waals surface area (Å²) in [6.45, 7) is 10.8. The van der Waals surface area contributed by atoms with Gasteiger partial charge in [0.25, 0.3) is 0 Å². The van der Waals surface area contributed by atoms with E-state index >= 15 is 0 Å². The van der Waals surface area contributed by atoms with E-state index in [-0.39, 0.29) is 5.92 Å². The minimum Gasteiger partial charge on any atom is -0.368 e. The zero-order valence-corrected chi connectivity index (χ0v) is 19.7. The molecule has 0 saturated carbocycles. The van der Waals surface area contributed by atoms with E-state index in [1.54, 1.807) is 0 Å². The topological polar surface area (TPSA) is 26.8 Å². The second kappa shape index (κ2) is 9.52. The van der Waals surface area contributed by atoms with Crippen LogP contribution in [-0.2, 0) is 11.3 Å². The number of benzene rings is 2. The number of hydrogen-bond acceptors (Lipinski definition) is 3. The zero-order valence-electron chi connectivity index (χ0n) is 18.1. The molecule has 0 N–H and O–H groups in total. The Kier molecular flexibility index (Phi) is 6.79. The van der Waals surface area contributed by atoms with Crippen LogP contribution in [0.2, 0.25) is 0 Å². The Balaban J connectivity index is 1.32. The first kappa shape index (κ1) is 21.4. The average molecular weight is 470 g/mol. The van der Waals surface area contributed by atoms with Crippen molar-refractivity contribution in [1.82, 2.24) is 9.80 Å². The third kappa shape index (κ3) is 4.89. The number of aryl methyl sites for hydroxylation is 1. The van der Waals surface area contributed by atoms with Gasteiger partial charge in [-0.05, 0) is 68.1 Å². The molecule has 1 atom stereocenters. The van der Waals surface area contributed by atoms with Gasteiger partial charge in [-0.1, -0.05) is 40.2 Å². The van der Waals surface area contributed by atoms with Crippen LogP contribution in [0, 0.1) is 19.8 Å². The second-order valence-corrected chi connectivity index (χ2v) is 9.65. The molecule has 2 aliphatic rings. The van der Waals surface area contributed by atoms with Gasteiger partial charge in [0.05, 0.1) is 5.92 Å². The number of amides is 1. The van der Waals surface area contributed by atoms with Crippen molar-refractivity contribution >= 4 is 27.5 Å². The molecule has 2 aliphatic heterocycles. The molecule has 160 valence electrons. The molecule has 2 aromatic rings. The van der Waals surface area contributed by atoms with Gasteiger partial charge < -0.3 is 9.80 Å². The molecule has 30 heavy (non-hydrogen) atoms. The van der Waals surface area contributed by atoms with Gasteiger partial charge in [-0.2, -0.15) is 0 Å². The van der Waals surface area contributed by atoms with Crippen LogP contribution in [0.15, 0.2) is 46.9 Å². The lowest BCUT2D eigenvalue weighted by molar-refractivity contribution is -0.137. The van der Waals surface area contributed by atoms with E-state index in [9.17, 15) is 4.79 Å². The van der Waals surface area contributed by atoms with Gasteiger partial charge in [-0.25, -0.2) is 0 Å². The molecule has 2 saturated heterocycles. The van der Waals surface area contributed by atoms with Crippen LogP contribution < -0.4 is 4.90 Å². The van der Waals surface area contributed by atoms with E-state index in [0.29, 0.717) is 5.91 Å². The lowest BCUT2D eigenvalue weighted by Gasteiger charge is -2.40. The number of anilines is 1. The van der Waals surface area contributed by atoms with Crippen molar-refractivity contribution in [3.63, 3.8) is 0 Å². The summed E-state index contributed by atoms with van der Waals surface area (Å²) in [5.74, 6) is 0.498. The summed E-state index contributed by atoms with van der Waals surface area (Å²) in [7, 11) is 0. The molecule has 2 aromatic carbocycles. The van der Waals surface area contributed by atoms with Gasteiger partial charge in [0.2, 0.25) is 5.91 Å².